The van der Waals surface area contributed by atoms with E-state index in [-0.39, 0.29) is 15.8 Å². The lowest BCUT2D eigenvalue weighted by Gasteiger charge is -2.41. The molecular formula is C17H24N4O10S. The van der Waals surface area contributed by atoms with Gasteiger partial charge in [-0.05, 0) is 0 Å². The second-order valence-corrected chi connectivity index (χ2v) is 7.99. The van der Waals surface area contributed by atoms with Gasteiger partial charge in [-0.15, -0.1) is 0 Å². The van der Waals surface area contributed by atoms with E-state index in [4.69, 9.17) is 26.4 Å². The van der Waals surface area contributed by atoms with Gasteiger partial charge in [-0.2, -0.15) is 0 Å². The molecular weight excluding hydrogens is 452 g/mol. The van der Waals surface area contributed by atoms with Crippen molar-refractivity contribution in [2.45, 2.75) is 54.7 Å². The first-order valence-electron chi connectivity index (χ1n) is 9.73. The highest BCUT2D eigenvalue weighted by atomic mass is 32.1. The van der Waals surface area contributed by atoms with Crippen molar-refractivity contribution in [1.82, 2.24) is 19.5 Å². The summed E-state index contributed by atoms with van der Waals surface area (Å²) in [4.78, 5) is 10.9. The Kier molecular flexibility index (Phi) is 6.59. The molecule has 0 aliphatic carbocycles. The molecule has 32 heavy (non-hydrogen) atoms. The molecule has 8 N–H and O–H groups in total. The predicted molar refractivity (Wildman–Crippen MR) is 104 cm³/mol. The molecule has 4 heterocycles. The lowest BCUT2D eigenvalue weighted by molar-refractivity contribution is -0.318. The van der Waals surface area contributed by atoms with E-state index in [1.807, 2.05) is 0 Å². The number of rotatable bonds is 6. The van der Waals surface area contributed by atoms with Crippen molar-refractivity contribution in [1.29, 1.82) is 0 Å². The molecule has 2 fully saturated rings. The maximum Gasteiger partial charge on any atom is 0.199 e. The van der Waals surface area contributed by atoms with Gasteiger partial charge in [0, 0.05) is 0 Å². The zero-order valence-corrected chi connectivity index (χ0v) is 17.3. The Morgan fingerprint density at radius 1 is 1.06 bits per heavy atom. The number of ether oxygens (including phenoxy) is 3. The van der Waals surface area contributed by atoms with Crippen LogP contribution in [0.15, 0.2) is 12.7 Å². The first kappa shape index (κ1) is 23.5. The third-order valence-corrected chi connectivity index (χ3v) is 6.10. The van der Waals surface area contributed by atoms with E-state index in [1.165, 1.54) is 17.2 Å². The Morgan fingerprint density at radius 3 is 2.44 bits per heavy atom. The fraction of sp³-hybridized carbons (Fsp3) is 0.706. The first-order chi connectivity index (χ1) is 15.3. The van der Waals surface area contributed by atoms with Crippen molar-refractivity contribution in [3.63, 3.8) is 0 Å². The Balaban J connectivity index is 1.67. The molecule has 15 heteroatoms. The average Bonchev–Trinajstić information content (AvgIpc) is 3.35. The number of H-pyrrole nitrogens is 1. The van der Waals surface area contributed by atoms with Crippen molar-refractivity contribution < 1.29 is 50.0 Å². The zero-order chi connectivity index (χ0) is 23.2. The monoisotopic (exact) mass is 476 g/mol. The Labute approximate surface area is 185 Å². The van der Waals surface area contributed by atoms with Gasteiger partial charge >= 0.3 is 0 Å². The Bertz CT molecular complexity index is 1000. The minimum absolute atomic E-state index is 0.172. The minimum atomic E-state index is -1.87. The van der Waals surface area contributed by atoms with Crippen molar-refractivity contribution in [3.05, 3.63) is 17.3 Å². The SMILES string of the molecule is OC[C@@H]1OC(O[C@@H]2[C@@H](CO)OC(CO)(n3cnc4c(=S)nc[nH]c43)[C@H]2O)[C@@H](O)[C@H](O)[C@@H]1O. The second kappa shape index (κ2) is 8.96. The lowest BCUT2D eigenvalue weighted by atomic mass is 9.98. The van der Waals surface area contributed by atoms with Gasteiger partial charge in [0.25, 0.3) is 0 Å². The summed E-state index contributed by atoms with van der Waals surface area (Å²) in [5.74, 6) is 0. The molecule has 2 aromatic heterocycles. The minimum Gasteiger partial charge on any atom is -0.394 e. The van der Waals surface area contributed by atoms with Crippen LogP contribution >= 0.6 is 12.2 Å². The average molecular weight is 476 g/mol. The summed E-state index contributed by atoms with van der Waals surface area (Å²) in [6.07, 6.45) is -9.50. The van der Waals surface area contributed by atoms with Crippen LogP contribution in [0.1, 0.15) is 0 Å². The van der Waals surface area contributed by atoms with Crippen LogP contribution in [0.25, 0.3) is 11.2 Å². The zero-order valence-electron chi connectivity index (χ0n) is 16.5. The largest absolute Gasteiger partial charge is 0.394 e. The van der Waals surface area contributed by atoms with Crippen LogP contribution in [0, 0.1) is 4.64 Å². The van der Waals surface area contributed by atoms with Gasteiger partial charge in [0.05, 0.1) is 32.5 Å². The van der Waals surface area contributed by atoms with Gasteiger partial charge in [-0.1, -0.05) is 12.2 Å². The van der Waals surface area contributed by atoms with Crippen LogP contribution in [-0.2, 0) is 19.9 Å². The van der Waals surface area contributed by atoms with Crippen molar-refractivity contribution >= 4 is 23.4 Å². The molecule has 2 unspecified atom stereocenters. The van der Waals surface area contributed by atoms with Crippen LogP contribution in [0.3, 0.4) is 0 Å². The normalized spacial score (nSPS) is 40.2. The smallest absolute Gasteiger partial charge is 0.199 e. The van der Waals surface area contributed by atoms with Gasteiger partial charge in [0.1, 0.15) is 53.9 Å². The molecule has 0 saturated carbocycles. The van der Waals surface area contributed by atoms with Gasteiger partial charge in [0.15, 0.2) is 16.7 Å². The summed E-state index contributed by atoms with van der Waals surface area (Å²) in [5, 5.41) is 70.7. The molecule has 9 atom stereocenters. The summed E-state index contributed by atoms with van der Waals surface area (Å²) in [7, 11) is 0. The van der Waals surface area contributed by atoms with Gasteiger partial charge < -0.3 is 54.9 Å². The number of nitrogens with zero attached hydrogens (tertiary/aromatic N) is 3. The summed E-state index contributed by atoms with van der Waals surface area (Å²) >= 11 is 5.13. The van der Waals surface area contributed by atoms with E-state index in [2.05, 4.69) is 15.0 Å². The van der Waals surface area contributed by atoms with Gasteiger partial charge in [-0.25, -0.2) is 9.97 Å². The maximum atomic E-state index is 11.1. The quantitative estimate of drug-likeness (QED) is 0.187. The Hall–Kier alpha value is -1.63. The van der Waals surface area contributed by atoms with Gasteiger partial charge in [0.2, 0.25) is 0 Å². The van der Waals surface area contributed by atoms with E-state index in [0.717, 1.165) is 0 Å². The third-order valence-electron chi connectivity index (χ3n) is 5.80. The maximum absolute atomic E-state index is 11.1. The van der Waals surface area contributed by atoms with E-state index in [9.17, 15) is 35.7 Å². The lowest BCUT2D eigenvalue weighted by Crippen LogP contribution is -2.60. The highest BCUT2D eigenvalue weighted by Crippen LogP contribution is 2.39. The fourth-order valence-corrected chi connectivity index (χ4v) is 4.25. The number of aromatic amines is 1. The van der Waals surface area contributed by atoms with Crippen LogP contribution in [0.4, 0.5) is 0 Å². The number of aromatic nitrogens is 4. The highest BCUT2D eigenvalue weighted by Gasteiger charge is 2.58. The number of hydrogen-bond acceptors (Lipinski definition) is 13. The van der Waals surface area contributed by atoms with E-state index < -0.39 is 74.6 Å². The van der Waals surface area contributed by atoms with E-state index in [0.29, 0.717) is 0 Å². The summed E-state index contributed by atoms with van der Waals surface area (Å²) in [6.45, 7) is -2.09. The fourth-order valence-electron chi connectivity index (χ4n) is 4.05. The first-order valence-corrected chi connectivity index (χ1v) is 10.1. The number of fused-ring (bicyclic) bond motifs is 1. The topological polar surface area (TPSA) is 216 Å². The molecule has 2 aromatic rings. The van der Waals surface area contributed by atoms with Crippen LogP contribution in [0.2, 0.25) is 0 Å². The standard InChI is InChI=1S/C17H24N4O10S/c22-1-6-9(25)10(26)11(27)16(29-6)30-12-7(2-23)31-17(3-24,13(12)28)21-5-20-8-14(21)18-4-19-15(8)32/h4-7,9-13,16,22-28H,1-3H2,(H,18,19,32)/t6-,7+,9+,10+,11-,12+,13-,16?,17?/m0/s1. The molecule has 0 bridgehead atoms. The number of aliphatic hydroxyl groups excluding tert-OH is 7. The molecule has 2 aliphatic rings. The summed E-state index contributed by atoms with van der Waals surface area (Å²) < 4.78 is 18.3. The molecule has 0 spiro atoms. The summed E-state index contributed by atoms with van der Waals surface area (Å²) in [5.41, 5.74) is -1.31. The number of imidazole rings is 1. The van der Waals surface area contributed by atoms with E-state index in [1.54, 1.807) is 0 Å². The second-order valence-electron chi connectivity index (χ2n) is 7.60. The molecule has 178 valence electrons. The molecule has 4 rings (SSSR count). The predicted octanol–water partition coefficient (Wildman–Crippen LogP) is -3.93. The molecule has 2 saturated heterocycles. The Morgan fingerprint density at radius 2 is 1.78 bits per heavy atom. The third kappa shape index (κ3) is 3.55. The van der Waals surface area contributed by atoms with Gasteiger partial charge in [-0.3, -0.25) is 4.57 Å². The molecule has 14 nitrogen and oxygen atoms in total. The number of aliphatic hydroxyl groups is 7. The van der Waals surface area contributed by atoms with Crippen molar-refractivity contribution in [2.24, 2.45) is 0 Å². The molecule has 2 aliphatic heterocycles. The van der Waals surface area contributed by atoms with Crippen LogP contribution in [-0.4, -0.2) is 124 Å². The molecule has 0 aromatic carbocycles. The summed E-state index contributed by atoms with van der Waals surface area (Å²) in [6, 6.07) is 0. The number of hydrogen-bond donors (Lipinski definition) is 8. The van der Waals surface area contributed by atoms with Crippen molar-refractivity contribution in [2.75, 3.05) is 19.8 Å². The van der Waals surface area contributed by atoms with Crippen molar-refractivity contribution in [3.8, 4) is 0 Å². The molecule has 0 radical (unpaired) electrons. The van der Waals surface area contributed by atoms with Crippen LogP contribution in [0.5, 0.6) is 0 Å². The van der Waals surface area contributed by atoms with Crippen LogP contribution < -0.4 is 0 Å². The molecule has 0 amide bonds. The number of nitrogens with one attached hydrogen (secondary N) is 1. The highest BCUT2D eigenvalue weighted by molar-refractivity contribution is 7.71. The van der Waals surface area contributed by atoms with E-state index >= 15 is 0 Å².